The second-order valence-corrected chi connectivity index (χ2v) is 8.83. The van der Waals surface area contributed by atoms with E-state index in [1.165, 1.54) is 66.8 Å². The molecule has 1 aliphatic carbocycles. The summed E-state index contributed by atoms with van der Waals surface area (Å²) in [4.78, 5) is 0. The first-order valence-electron chi connectivity index (χ1n) is 11.4. The second kappa shape index (κ2) is 9.32. The van der Waals surface area contributed by atoms with Gasteiger partial charge in [0.2, 0.25) is 0 Å². The van der Waals surface area contributed by atoms with E-state index in [-0.39, 0.29) is 0 Å². The van der Waals surface area contributed by atoms with Crippen LogP contribution in [0.4, 0.5) is 0 Å². The Morgan fingerprint density at radius 2 is 1.41 bits per heavy atom. The lowest BCUT2D eigenvalue weighted by Gasteiger charge is -2.26. The Labute approximate surface area is 176 Å². The third kappa shape index (κ3) is 5.10. The first kappa shape index (κ1) is 19.8. The molecule has 0 N–H and O–H groups in total. The van der Waals surface area contributed by atoms with Crippen molar-refractivity contribution in [1.82, 2.24) is 0 Å². The van der Waals surface area contributed by atoms with Crippen LogP contribution in [0.15, 0.2) is 60.7 Å². The van der Waals surface area contributed by atoms with Gasteiger partial charge in [0, 0.05) is 11.1 Å². The second-order valence-electron chi connectivity index (χ2n) is 8.83. The Hall–Kier alpha value is -2.52. The lowest BCUT2D eigenvalue weighted by atomic mass is 9.79. The summed E-state index contributed by atoms with van der Waals surface area (Å²) < 4.78 is 0. The van der Waals surface area contributed by atoms with Gasteiger partial charge in [-0.15, -0.1) is 0 Å². The van der Waals surface area contributed by atoms with Gasteiger partial charge in [0.1, 0.15) is 0 Å². The van der Waals surface area contributed by atoms with Crippen LogP contribution in [0, 0.1) is 17.8 Å². The van der Waals surface area contributed by atoms with Crippen LogP contribution in [0.2, 0.25) is 0 Å². The molecular weight excluding hydrogens is 348 g/mol. The third-order valence-corrected chi connectivity index (χ3v) is 6.47. The molecule has 0 nitrogen and oxygen atoms in total. The third-order valence-electron chi connectivity index (χ3n) is 6.47. The number of aryl methyl sites for hydroxylation is 1. The van der Waals surface area contributed by atoms with E-state index < -0.39 is 0 Å². The SMILES string of the molecule is CCCCc1ccc2cc(C#Cc3ccc([C@H]4CC[C@H](C)CC4)cc3)ccc2c1. The predicted molar refractivity (Wildman–Crippen MR) is 125 cm³/mol. The molecular formula is C29H32. The lowest BCUT2D eigenvalue weighted by molar-refractivity contribution is 0.348. The zero-order valence-electron chi connectivity index (χ0n) is 17.9. The zero-order valence-corrected chi connectivity index (χ0v) is 17.9. The Balaban J connectivity index is 1.46. The van der Waals surface area contributed by atoms with Gasteiger partial charge in [0.15, 0.2) is 0 Å². The highest BCUT2D eigenvalue weighted by atomic mass is 14.2. The van der Waals surface area contributed by atoms with Gasteiger partial charge in [-0.25, -0.2) is 0 Å². The summed E-state index contributed by atoms with van der Waals surface area (Å²) >= 11 is 0. The molecule has 29 heavy (non-hydrogen) atoms. The number of fused-ring (bicyclic) bond motifs is 1. The molecule has 0 heterocycles. The van der Waals surface area contributed by atoms with Gasteiger partial charge in [-0.2, -0.15) is 0 Å². The quantitative estimate of drug-likeness (QED) is 0.404. The van der Waals surface area contributed by atoms with E-state index >= 15 is 0 Å². The molecule has 0 heteroatoms. The first-order valence-corrected chi connectivity index (χ1v) is 11.4. The number of hydrogen-bond acceptors (Lipinski definition) is 0. The normalized spacial score (nSPS) is 19.0. The Kier molecular flexibility index (Phi) is 6.36. The maximum absolute atomic E-state index is 3.36. The number of unbranched alkanes of at least 4 members (excludes halogenated alkanes) is 1. The zero-order chi connectivity index (χ0) is 20.1. The van der Waals surface area contributed by atoms with Gasteiger partial charge in [-0.1, -0.05) is 81.3 Å². The van der Waals surface area contributed by atoms with Crippen LogP contribution in [-0.4, -0.2) is 0 Å². The molecule has 0 unspecified atom stereocenters. The van der Waals surface area contributed by atoms with Gasteiger partial charge in [-0.05, 0) is 83.7 Å². The van der Waals surface area contributed by atoms with Crippen molar-refractivity contribution in [2.45, 2.75) is 64.7 Å². The van der Waals surface area contributed by atoms with Crippen molar-refractivity contribution in [2.75, 3.05) is 0 Å². The highest BCUT2D eigenvalue weighted by Crippen LogP contribution is 2.35. The Morgan fingerprint density at radius 3 is 2.17 bits per heavy atom. The number of hydrogen-bond donors (Lipinski definition) is 0. The topological polar surface area (TPSA) is 0 Å². The average molecular weight is 381 g/mol. The Morgan fingerprint density at radius 1 is 0.759 bits per heavy atom. The van der Waals surface area contributed by atoms with Crippen LogP contribution in [0.5, 0.6) is 0 Å². The molecule has 0 radical (unpaired) electrons. The van der Waals surface area contributed by atoms with Crippen molar-refractivity contribution in [3.8, 4) is 11.8 Å². The predicted octanol–water partition coefficient (Wildman–Crippen LogP) is 7.88. The van der Waals surface area contributed by atoms with Gasteiger partial charge in [0.05, 0.1) is 0 Å². The van der Waals surface area contributed by atoms with Crippen LogP contribution in [0.25, 0.3) is 10.8 Å². The maximum Gasteiger partial charge on any atom is 0.0255 e. The van der Waals surface area contributed by atoms with Gasteiger partial charge >= 0.3 is 0 Å². The highest BCUT2D eigenvalue weighted by Gasteiger charge is 2.19. The fourth-order valence-electron chi connectivity index (χ4n) is 4.49. The first-order chi connectivity index (χ1) is 14.2. The molecule has 0 bridgehead atoms. The van der Waals surface area contributed by atoms with Crippen molar-refractivity contribution in [3.05, 3.63) is 82.9 Å². The molecule has 0 amide bonds. The minimum Gasteiger partial charge on any atom is -0.0654 e. The lowest BCUT2D eigenvalue weighted by Crippen LogP contribution is -2.10. The molecule has 1 fully saturated rings. The van der Waals surface area contributed by atoms with Crippen molar-refractivity contribution in [1.29, 1.82) is 0 Å². The molecule has 148 valence electrons. The number of rotatable bonds is 4. The molecule has 1 saturated carbocycles. The summed E-state index contributed by atoms with van der Waals surface area (Å²) in [6, 6.07) is 22.4. The summed E-state index contributed by atoms with van der Waals surface area (Å²) in [6.45, 7) is 4.63. The van der Waals surface area contributed by atoms with Gasteiger partial charge in [0.25, 0.3) is 0 Å². The van der Waals surface area contributed by atoms with Crippen molar-refractivity contribution in [2.24, 2.45) is 5.92 Å². The molecule has 0 spiro atoms. The van der Waals surface area contributed by atoms with E-state index in [2.05, 4.69) is 86.4 Å². The Bertz CT molecular complexity index is 1010. The van der Waals surface area contributed by atoms with E-state index in [0.29, 0.717) is 0 Å². The van der Waals surface area contributed by atoms with E-state index in [1.807, 2.05) is 0 Å². The minimum absolute atomic E-state index is 0.746. The molecule has 1 aliphatic rings. The standard InChI is InChI=1S/C29H32/c1-3-4-5-24-12-18-29-21-25(13-19-28(29)20-24)9-8-23-10-16-27(17-11-23)26-14-6-22(2)7-15-26/h10-13,16-22,26H,3-7,14-15H2,1-2H3/t22-,26-. The largest absolute Gasteiger partial charge is 0.0654 e. The fourth-order valence-corrected chi connectivity index (χ4v) is 4.49. The molecule has 4 rings (SSSR count). The summed E-state index contributed by atoms with van der Waals surface area (Å²) in [5, 5.41) is 2.59. The highest BCUT2D eigenvalue weighted by molar-refractivity contribution is 5.84. The van der Waals surface area contributed by atoms with E-state index in [1.54, 1.807) is 0 Å². The smallest absolute Gasteiger partial charge is 0.0255 e. The van der Waals surface area contributed by atoms with Crippen LogP contribution < -0.4 is 0 Å². The van der Waals surface area contributed by atoms with Crippen LogP contribution in [0.3, 0.4) is 0 Å². The number of benzene rings is 3. The van der Waals surface area contributed by atoms with Crippen molar-refractivity contribution < 1.29 is 0 Å². The molecule has 0 saturated heterocycles. The minimum atomic E-state index is 0.746. The van der Waals surface area contributed by atoms with E-state index in [4.69, 9.17) is 0 Å². The monoisotopic (exact) mass is 380 g/mol. The maximum atomic E-state index is 3.36. The van der Waals surface area contributed by atoms with Crippen LogP contribution in [-0.2, 0) is 6.42 Å². The van der Waals surface area contributed by atoms with Crippen LogP contribution >= 0.6 is 0 Å². The fraction of sp³-hybridized carbons (Fsp3) is 0.379. The summed E-state index contributed by atoms with van der Waals surface area (Å²) in [5.41, 5.74) is 5.12. The van der Waals surface area contributed by atoms with E-state index in [9.17, 15) is 0 Å². The molecule has 0 atom stereocenters. The van der Waals surface area contributed by atoms with Gasteiger partial charge in [-0.3, -0.25) is 0 Å². The molecule has 3 aromatic rings. The van der Waals surface area contributed by atoms with Crippen molar-refractivity contribution >= 4 is 10.8 Å². The average Bonchev–Trinajstić information content (AvgIpc) is 2.77. The molecule has 0 aliphatic heterocycles. The molecule has 0 aromatic heterocycles. The summed E-state index contributed by atoms with van der Waals surface area (Å²) in [5.74, 6) is 8.36. The summed E-state index contributed by atoms with van der Waals surface area (Å²) in [6.07, 6.45) is 9.08. The van der Waals surface area contributed by atoms with E-state index in [0.717, 1.165) is 23.0 Å². The van der Waals surface area contributed by atoms with Crippen LogP contribution in [0.1, 0.15) is 80.5 Å². The molecule has 3 aromatic carbocycles. The summed E-state index contributed by atoms with van der Waals surface area (Å²) in [7, 11) is 0. The van der Waals surface area contributed by atoms with Crippen molar-refractivity contribution in [3.63, 3.8) is 0 Å². The van der Waals surface area contributed by atoms with Gasteiger partial charge < -0.3 is 0 Å².